The highest BCUT2D eigenvalue weighted by Crippen LogP contribution is 2.45. The van der Waals surface area contributed by atoms with E-state index in [1.165, 1.54) is 0 Å². The Morgan fingerprint density at radius 3 is 2.71 bits per heavy atom. The van der Waals surface area contributed by atoms with Crippen LogP contribution in [0.3, 0.4) is 0 Å². The molecule has 0 bridgehead atoms. The molecule has 2 rings (SSSR count). The Bertz CT molecular complexity index is 394. The smallest absolute Gasteiger partial charge is 0.141 e. The van der Waals surface area contributed by atoms with Crippen molar-refractivity contribution in [2.75, 3.05) is 0 Å². The van der Waals surface area contributed by atoms with Crippen molar-refractivity contribution in [2.24, 2.45) is 5.73 Å². The Balaban J connectivity index is 2.31. The van der Waals surface area contributed by atoms with E-state index < -0.39 is 5.67 Å². The standard InChI is InChI=1S/C14H20FNO/c1-10(2)17-13-6-4-3-5-12(13)14(15)8-7-11(16)9-14/h3-6,10-11H,7-9,16H2,1-2H3. The Kier molecular flexibility index (Phi) is 3.38. The minimum absolute atomic E-state index is 0.0351. The maximum absolute atomic E-state index is 14.8. The van der Waals surface area contributed by atoms with E-state index in [2.05, 4.69) is 0 Å². The molecule has 0 aliphatic heterocycles. The van der Waals surface area contributed by atoms with Gasteiger partial charge in [-0.3, -0.25) is 0 Å². The molecule has 0 spiro atoms. The van der Waals surface area contributed by atoms with Crippen LogP contribution in [-0.2, 0) is 5.67 Å². The van der Waals surface area contributed by atoms with Crippen molar-refractivity contribution in [2.45, 2.75) is 50.9 Å². The molecule has 2 nitrogen and oxygen atoms in total. The van der Waals surface area contributed by atoms with Crippen molar-refractivity contribution < 1.29 is 9.13 Å². The fraction of sp³-hybridized carbons (Fsp3) is 0.571. The molecule has 94 valence electrons. The van der Waals surface area contributed by atoms with Gasteiger partial charge in [0.2, 0.25) is 0 Å². The number of para-hydroxylation sites is 1. The summed E-state index contributed by atoms with van der Waals surface area (Å²) in [5, 5.41) is 0. The topological polar surface area (TPSA) is 35.2 Å². The summed E-state index contributed by atoms with van der Waals surface area (Å²) in [6.07, 6.45) is 1.68. The second-order valence-electron chi connectivity index (χ2n) is 5.13. The summed E-state index contributed by atoms with van der Waals surface area (Å²) in [5.41, 5.74) is 5.16. The molecule has 1 aliphatic carbocycles. The van der Waals surface area contributed by atoms with Gasteiger partial charge in [0, 0.05) is 18.0 Å². The molecule has 1 saturated carbocycles. The fourth-order valence-corrected chi connectivity index (χ4v) is 2.47. The van der Waals surface area contributed by atoms with Gasteiger partial charge in [0.15, 0.2) is 0 Å². The van der Waals surface area contributed by atoms with E-state index in [1.807, 2.05) is 38.1 Å². The number of hydrogen-bond acceptors (Lipinski definition) is 2. The minimum Gasteiger partial charge on any atom is -0.491 e. The number of halogens is 1. The highest BCUT2D eigenvalue weighted by molar-refractivity contribution is 5.39. The normalized spacial score (nSPS) is 28.6. The van der Waals surface area contributed by atoms with Gasteiger partial charge < -0.3 is 10.5 Å². The van der Waals surface area contributed by atoms with Gasteiger partial charge in [0.25, 0.3) is 0 Å². The molecular formula is C14H20FNO. The molecule has 0 aromatic heterocycles. The number of benzene rings is 1. The number of rotatable bonds is 3. The fourth-order valence-electron chi connectivity index (χ4n) is 2.47. The lowest BCUT2D eigenvalue weighted by molar-refractivity contribution is 0.157. The van der Waals surface area contributed by atoms with Crippen LogP contribution < -0.4 is 10.5 Å². The molecule has 0 amide bonds. The molecule has 0 saturated heterocycles. The maximum atomic E-state index is 14.8. The molecule has 17 heavy (non-hydrogen) atoms. The van der Waals surface area contributed by atoms with Gasteiger partial charge >= 0.3 is 0 Å². The average Bonchev–Trinajstić information content (AvgIpc) is 2.59. The van der Waals surface area contributed by atoms with Gasteiger partial charge in [-0.15, -0.1) is 0 Å². The van der Waals surface area contributed by atoms with E-state index in [0.717, 1.165) is 6.42 Å². The van der Waals surface area contributed by atoms with E-state index in [-0.39, 0.29) is 12.1 Å². The molecule has 2 unspecified atom stereocenters. The summed E-state index contributed by atoms with van der Waals surface area (Å²) < 4.78 is 20.5. The van der Waals surface area contributed by atoms with Crippen LogP contribution in [0.2, 0.25) is 0 Å². The highest BCUT2D eigenvalue weighted by Gasteiger charge is 2.41. The molecule has 3 heteroatoms. The zero-order valence-electron chi connectivity index (χ0n) is 10.4. The first-order chi connectivity index (χ1) is 8.01. The highest BCUT2D eigenvalue weighted by atomic mass is 19.1. The van der Waals surface area contributed by atoms with E-state index in [1.54, 1.807) is 0 Å². The SMILES string of the molecule is CC(C)Oc1ccccc1C1(F)CCC(N)C1. The molecule has 1 aliphatic rings. The number of hydrogen-bond donors (Lipinski definition) is 1. The van der Waals surface area contributed by atoms with Crippen LogP contribution in [0.4, 0.5) is 4.39 Å². The van der Waals surface area contributed by atoms with E-state index in [4.69, 9.17) is 10.5 Å². The van der Waals surface area contributed by atoms with Crippen LogP contribution in [0.15, 0.2) is 24.3 Å². The van der Waals surface area contributed by atoms with Crippen LogP contribution in [0, 0.1) is 0 Å². The van der Waals surface area contributed by atoms with Gasteiger partial charge in [-0.2, -0.15) is 0 Å². The molecule has 0 heterocycles. The zero-order chi connectivity index (χ0) is 12.5. The summed E-state index contributed by atoms with van der Waals surface area (Å²) in [5.74, 6) is 0.652. The second-order valence-corrected chi connectivity index (χ2v) is 5.13. The lowest BCUT2D eigenvalue weighted by atomic mass is 9.93. The van der Waals surface area contributed by atoms with Crippen molar-refractivity contribution in [1.82, 2.24) is 0 Å². The third kappa shape index (κ3) is 2.60. The van der Waals surface area contributed by atoms with Gasteiger partial charge in [0.05, 0.1) is 6.10 Å². The van der Waals surface area contributed by atoms with Crippen molar-refractivity contribution in [3.8, 4) is 5.75 Å². The molecule has 2 atom stereocenters. The van der Waals surface area contributed by atoms with Crippen molar-refractivity contribution >= 4 is 0 Å². The molecular weight excluding hydrogens is 217 g/mol. The van der Waals surface area contributed by atoms with E-state index >= 15 is 0 Å². The predicted molar refractivity (Wildman–Crippen MR) is 66.8 cm³/mol. The first kappa shape index (κ1) is 12.4. The van der Waals surface area contributed by atoms with Crippen LogP contribution in [0.25, 0.3) is 0 Å². The first-order valence-corrected chi connectivity index (χ1v) is 6.22. The summed E-state index contributed by atoms with van der Waals surface area (Å²) in [4.78, 5) is 0. The summed E-state index contributed by atoms with van der Waals surface area (Å²) in [6.45, 7) is 3.89. The van der Waals surface area contributed by atoms with E-state index in [0.29, 0.717) is 24.2 Å². The molecule has 1 aromatic rings. The third-order valence-electron chi connectivity index (χ3n) is 3.23. The van der Waals surface area contributed by atoms with Crippen LogP contribution in [-0.4, -0.2) is 12.1 Å². The molecule has 1 fully saturated rings. The van der Waals surface area contributed by atoms with Crippen molar-refractivity contribution in [3.63, 3.8) is 0 Å². The van der Waals surface area contributed by atoms with Crippen molar-refractivity contribution in [1.29, 1.82) is 0 Å². The summed E-state index contributed by atoms with van der Waals surface area (Å²) in [7, 11) is 0. The van der Waals surface area contributed by atoms with Crippen LogP contribution in [0.5, 0.6) is 5.75 Å². The maximum Gasteiger partial charge on any atom is 0.141 e. The third-order valence-corrected chi connectivity index (χ3v) is 3.23. The quantitative estimate of drug-likeness (QED) is 0.876. The van der Waals surface area contributed by atoms with Gasteiger partial charge in [-0.25, -0.2) is 4.39 Å². The zero-order valence-corrected chi connectivity index (χ0v) is 10.4. The Labute approximate surface area is 102 Å². The van der Waals surface area contributed by atoms with Gasteiger partial charge in [-0.05, 0) is 32.8 Å². The van der Waals surface area contributed by atoms with Gasteiger partial charge in [-0.1, -0.05) is 18.2 Å². The summed E-state index contributed by atoms with van der Waals surface area (Å²) in [6, 6.07) is 7.34. The first-order valence-electron chi connectivity index (χ1n) is 6.22. The number of nitrogens with two attached hydrogens (primary N) is 1. The Morgan fingerprint density at radius 2 is 2.12 bits per heavy atom. The number of alkyl halides is 1. The lowest BCUT2D eigenvalue weighted by Crippen LogP contribution is -2.22. The predicted octanol–water partition coefficient (Wildman–Crippen LogP) is 3.15. The molecule has 1 aromatic carbocycles. The Hall–Kier alpha value is -1.09. The largest absolute Gasteiger partial charge is 0.491 e. The second kappa shape index (κ2) is 4.65. The molecule has 2 N–H and O–H groups in total. The van der Waals surface area contributed by atoms with Gasteiger partial charge in [0.1, 0.15) is 11.4 Å². The minimum atomic E-state index is -1.31. The van der Waals surface area contributed by atoms with Crippen molar-refractivity contribution in [3.05, 3.63) is 29.8 Å². The van der Waals surface area contributed by atoms with E-state index in [9.17, 15) is 4.39 Å². The van der Waals surface area contributed by atoms with Crippen LogP contribution >= 0.6 is 0 Å². The van der Waals surface area contributed by atoms with Crippen LogP contribution in [0.1, 0.15) is 38.7 Å². The lowest BCUT2D eigenvalue weighted by Gasteiger charge is -2.24. The Morgan fingerprint density at radius 1 is 1.41 bits per heavy atom. The molecule has 0 radical (unpaired) electrons. The summed E-state index contributed by atoms with van der Waals surface area (Å²) >= 11 is 0. The monoisotopic (exact) mass is 237 g/mol. The number of ether oxygens (including phenoxy) is 1. The average molecular weight is 237 g/mol.